The molecule has 0 N–H and O–H groups in total. The van der Waals surface area contributed by atoms with Gasteiger partial charge in [0, 0.05) is 11.0 Å². The lowest BCUT2D eigenvalue weighted by atomic mass is 10.2. The Morgan fingerprint density at radius 2 is 2.50 bits per heavy atom. The number of hydrogen-bond donors (Lipinski definition) is 0. The minimum absolute atomic E-state index is 0.445. The lowest BCUT2D eigenvalue weighted by Gasteiger charge is -1.90. The highest BCUT2D eigenvalue weighted by atomic mass is 32.1. The third-order valence-electron chi connectivity index (χ3n) is 1.51. The van der Waals surface area contributed by atoms with E-state index in [0.29, 0.717) is 0 Å². The van der Waals surface area contributed by atoms with Gasteiger partial charge in [-0.2, -0.15) is 0 Å². The van der Waals surface area contributed by atoms with Crippen LogP contribution in [0.1, 0.15) is 17.4 Å². The maximum absolute atomic E-state index is 10.0. The van der Waals surface area contributed by atoms with Crippen LogP contribution in [0.3, 0.4) is 0 Å². The summed E-state index contributed by atoms with van der Waals surface area (Å²) < 4.78 is 0. The molecule has 0 aliphatic heterocycles. The summed E-state index contributed by atoms with van der Waals surface area (Å²) in [5.41, 5.74) is 1.16. The molecule has 0 atom stereocenters. The Bertz CT molecular complexity index is 304. The van der Waals surface area contributed by atoms with Crippen LogP contribution >= 0.6 is 11.3 Å². The monoisotopic (exact) mass is 183 g/mol. The molecular formula is C8H9NO2S. The second-order valence-electron chi connectivity index (χ2n) is 2.26. The number of hydrogen-bond acceptors (Lipinski definition) is 3. The van der Waals surface area contributed by atoms with E-state index in [-0.39, 0.29) is 0 Å². The van der Waals surface area contributed by atoms with Crippen LogP contribution in [0.4, 0.5) is 0 Å². The summed E-state index contributed by atoms with van der Waals surface area (Å²) in [7, 11) is 0. The average Bonchev–Trinajstić information content (AvgIpc) is 2.47. The van der Waals surface area contributed by atoms with Crippen molar-refractivity contribution in [3.63, 3.8) is 0 Å². The van der Waals surface area contributed by atoms with Gasteiger partial charge in [0.15, 0.2) is 0 Å². The van der Waals surface area contributed by atoms with Crippen molar-refractivity contribution in [1.82, 2.24) is 0 Å². The van der Waals surface area contributed by atoms with Crippen molar-refractivity contribution in [3.05, 3.63) is 38.2 Å². The number of thiophene rings is 1. The van der Waals surface area contributed by atoms with Crippen LogP contribution in [0.2, 0.25) is 0 Å². The number of rotatable bonds is 3. The third-order valence-corrected chi connectivity index (χ3v) is 2.43. The molecule has 3 nitrogen and oxygen atoms in total. The Morgan fingerprint density at radius 3 is 3.08 bits per heavy atom. The second kappa shape index (κ2) is 4.01. The average molecular weight is 183 g/mol. The lowest BCUT2D eigenvalue weighted by Crippen LogP contribution is -1.83. The van der Waals surface area contributed by atoms with Crippen LogP contribution in [0, 0.1) is 10.1 Å². The zero-order valence-electron chi connectivity index (χ0n) is 6.69. The summed E-state index contributed by atoms with van der Waals surface area (Å²) in [5.74, 6) is 0. The predicted octanol–water partition coefficient (Wildman–Crippen LogP) is 2.56. The van der Waals surface area contributed by atoms with Gasteiger partial charge in [-0.3, -0.25) is 10.1 Å². The van der Waals surface area contributed by atoms with Crippen molar-refractivity contribution in [2.75, 3.05) is 0 Å². The molecule has 64 valence electrons. The molecule has 0 aliphatic carbocycles. The molecule has 4 heteroatoms. The van der Waals surface area contributed by atoms with E-state index >= 15 is 0 Å². The SMILES string of the molecule is CCc1ccsc1/C=C/[N+](=O)[O-]. The summed E-state index contributed by atoms with van der Waals surface area (Å²) >= 11 is 1.52. The normalized spacial score (nSPS) is 10.8. The molecule has 1 rings (SSSR count). The quantitative estimate of drug-likeness (QED) is 0.534. The Kier molecular flexibility index (Phi) is 2.99. The fraction of sp³-hybridized carbons (Fsp3) is 0.250. The maximum Gasteiger partial charge on any atom is 0.235 e. The molecule has 1 aromatic heterocycles. The first-order chi connectivity index (χ1) is 5.74. The van der Waals surface area contributed by atoms with Gasteiger partial charge in [-0.15, -0.1) is 11.3 Å². The molecule has 0 saturated carbocycles. The van der Waals surface area contributed by atoms with Crippen molar-refractivity contribution in [2.24, 2.45) is 0 Å². The van der Waals surface area contributed by atoms with Crippen LogP contribution < -0.4 is 0 Å². The molecule has 1 heterocycles. The molecule has 0 spiro atoms. The maximum atomic E-state index is 10.0. The Hall–Kier alpha value is -1.16. The van der Waals surface area contributed by atoms with E-state index < -0.39 is 4.92 Å². The van der Waals surface area contributed by atoms with Crippen molar-refractivity contribution in [3.8, 4) is 0 Å². The minimum Gasteiger partial charge on any atom is -0.259 e. The standard InChI is InChI=1S/C8H9NO2S/c1-2-7-4-6-12-8(7)3-5-9(10)11/h3-6H,2H2,1H3/b5-3+. The molecule has 0 radical (unpaired) electrons. The fourth-order valence-electron chi connectivity index (χ4n) is 0.914. The number of nitrogens with zero attached hydrogens (tertiary/aromatic N) is 1. The van der Waals surface area contributed by atoms with Crippen LogP contribution in [0.5, 0.6) is 0 Å². The van der Waals surface area contributed by atoms with Crippen LogP contribution in [-0.2, 0) is 6.42 Å². The van der Waals surface area contributed by atoms with Gasteiger partial charge in [-0.05, 0) is 23.4 Å². The zero-order chi connectivity index (χ0) is 8.97. The molecule has 0 amide bonds. The Labute approximate surface area is 74.5 Å². The third kappa shape index (κ3) is 2.17. The largest absolute Gasteiger partial charge is 0.259 e. The van der Waals surface area contributed by atoms with Gasteiger partial charge in [0.1, 0.15) is 0 Å². The first kappa shape index (κ1) is 8.93. The molecule has 0 saturated heterocycles. The molecular weight excluding hydrogens is 174 g/mol. The molecule has 0 bridgehead atoms. The van der Waals surface area contributed by atoms with Crippen LogP contribution in [-0.4, -0.2) is 4.92 Å². The van der Waals surface area contributed by atoms with E-state index in [4.69, 9.17) is 0 Å². The molecule has 0 unspecified atom stereocenters. The summed E-state index contributed by atoms with van der Waals surface area (Å²) in [6.45, 7) is 2.03. The van der Waals surface area contributed by atoms with E-state index in [2.05, 4.69) is 0 Å². The highest BCUT2D eigenvalue weighted by Crippen LogP contribution is 2.18. The van der Waals surface area contributed by atoms with E-state index in [0.717, 1.165) is 23.1 Å². The van der Waals surface area contributed by atoms with Gasteiger partial charge in [0.05, 0.1) is 4.92 Å². The number of aryl methyl sites for hydroxylation is 1. The lowest BCUT2D eigenvalue weighted by molar-refractivity contribution is -0.400. The van der Waals surface area contributed by atoms with Crippen LogP contribution in [0.25, 0.3) is 6.08 Å². The smallest absolute Gasteiger partial charge is 0.235 e. The van der Waals surface area contributed by atoms with Crippen molar-refractivity contribution in [2.45, 2.75) is 13.3 Å². The summed E-state index contributed by atoms with van der Waals surface area (Å²) in [6.07, 6.45) is 3.44. The highest BCUT2D eigenvalue weighted by molar-refractivity contribution is 7.11. The van der Waals surface area contributed by atoms with Crippen molar-refractivity contribution < 1.29 is 4.92 Å². The topological polar surface area (TPSA) is 43.1 Å². The molecule has 0 aliphatic rings. The van der Waals surface area contributed by atoms with Gasteiger partial charge in [0.25, 0.3) is 0 Å². The minimum atomic E-state index is -0.445. The van der Waals surface area contributed by atoms with Crippen molar-refractivity contribution >= 4 is 17.4 Å². The molecule has 0 fully saturated rings. The Balaban J connectivity index is 2.81. The molecule has 12 heavy (non-hydrogen) atoms. The van der Waals surface area contributed by atoms with Gasteiger partial charge < -0.3 is 0 Å². The van der Waals surface area contributed by atoms with E-state index in [1.54, 1.807) is 6.08 Å². The summed E-state index contributed by atoms with van der Waals surface area (Å²) in [5, 5.41) is 12.0. The van der Waals surface area contributed by atoms with Gasteiger partial charge >= 0.3 is 0 Å². The molecule has 1 aromatic rings. The van der Waals surface area contributed by atoms with E-state index in [1.807, 2.05) is 18.4 Å². The van der Waals surface area contributed by atoms with E-state index in [1.165, 1.54) is 11.3 Å². The first-order valence-electron chi connectivity index (χ1n) is 3.62. The fourth-order valence-corrected chi connectivity index (χ4v) is 1.80. The Morgan fingerprint density at radius 1 is 1.75 bits per heavy atom. The van der Waals surface area contributed by atoms with Gasteiger partial charge in [-0.25, -0.2) is 0 Å². The summed E-state index contributed by atoms with van der Waals surface area (Å²) in [4.78, 5) is 10.6. The van der Waals surface area contributed by atoms with Gasteiger partial charge in [0.2, 0.25) is 6.20 Å². The summed E-state index contributed by atoms with van der Waals surface area (Å²) in [6, 6.07) is 1.99. The predicted molar refractivity (Wildman–Crippen MR) is 49.7 cm³/mol. The van der Waals surface area contributed by atoms with Crippen LogP contribution in [0.15, 0.2) is 17.6 Å². The first-order valence-corrected chi connectivity index (χ1v) is 4.50. The van der Waals surface area contributed by atoms with Gasteiger partial charge in [-0.1, -0.05) is 6.92 Å². The van der Waals surface area contributed by atoms with Crippen molar-refractivity contribution in [1.29, 1.82) is 0 Å². The molecule has 0 aromatic carbocycles. The number of nitro groups is 1. The highest BCUT2D eigenvalue weighted by Gasteiger charge is 1.98. The van der Waals surface area contributed by atoms with E-state index in [9.17, 15) is 10.1 Å². The second-order valence-corrected chi connectivity index (χ2v) is 3.21. The zero-order valence-corrected chi connectivity index (χ0v) is 7.50.